The lowest BCUT2D eigenvalue weighted by molar-refractivity contribution is 0.311. The van der Waals surface area contributed by atoms with E-state index in [-0.39, 0.29) is 0 Å². The predicted octanol–water partition coefficient (Wildman–Crippen LogP) is 1.94. The van der Waals surface area contributed by atoms with Crippen LogP contribution in [0, 0.1) is 0 Å². The van der Waals surface area contributed by atoms with Gasteiger partial charge in [0.25, 0.3) is 0 Å². The molecule has 1 saturated heterocycles. The lowest BCUT2D eigenvalue weighted by Gasteiger charge is -2.11. The van der Waals surface area contributed by atoms with Gasteiger partial charge < -0.3 is 10.3 Å². The van der Waals surface area contributed by atoms with E-state index in [2.05, 4.69) is 10.1 Å². The molecule has 0 spiro atoms. The second kappa shape index (κ2) is 4.60. The molecule has 1 fully saturated rings. The van der Waals surface area contributed by atoms with Crippen LogP contribution in [0.15, 0.2) is 28.1 Å². The fourth-order valence-electron chi connectivity index (χ4n) is 2.16. The summed E-state index contributed by atoms with van der Waals surface area (Å²) in [6, 6.07) is 6.40. The minimum Gasteiger partial charge on any atom is -0.355 e. The van der Waals surface area contributed by atoms with Crippen molar-refractivity contribution in [3.05, 3.63) is 29.3 Å². The zero-order valence-corrected chi connectivity index (χ0v) is 10.3. The SMILES string of the molecule is N[C@H]1CCN(Cc2cc(-c3cccs3)on2)C1. The summed E-state index contributed by atoms with van der Waals surface area (Å²) in [5.74, 6) is 0.860. The second-order valence-corrected chi connectivity index (χ2v) is 5.39. The van der Waals surface area contributed by atoms with Crippen LogP contribution in [0.3, 0.4) is 0 Å². The van der Waals surface area contributed by atoms with Crippen LogP contribution in [0.1, 0.15) is 12.1 Å². The molecule has 0 aromatic carbocycles. The molecule has 2 aromatic rings. The van der Waals surface area contributed by atoms with E-state index in [4.69, 9.17) is 10.3 Å². The number of nitrogens with zero attached hydrogens (tertiary/aromatic N) is 2. The quantitative estimate of drug-likeness (QED) is 0.903. The smallest absolute Gasteiger partial charge is 0.177 e. The number of nitrogens with two attached hydrogens (primary N) is 1. The molecular weight excluding hydrogens is 234 g/mol. The standard InChI is InChI=1S/C12H15N3OS/c13-9-3-4-15(7-9)8-10-6-11(16-14-10)12-2-1-5-17-12/h1-2,5-6,9H,3-4,7-8,13H2/t9-/m0/s1. The highest BCUT2D eigenvalue weighted by Crippen LogP contribution is 2.25. The van der Waals surface area contributed by atoms with Crippen LogP contribution in [0.2, 0.25) is 0 Å². The van der Waals surface area contributed by atoms with Crippen molar-refractivity contribution in [3.8, 4) is 10.6 Å². The Morgan fingerprint density at radius 3 is 3.24 bits per heavy atom. The molecule has 17 heavy (non-hydrogen) atoms. The summed E-state index contributed by atoms with van der Waals surface area (Å²) in [6.45, 7) is 2.85. The summed E-state index contributed by atoms with van der Waals surface area (Å²) >= 11 is 1.67. The first-order valence-electron chi connectivity index (χ1n) is 5.78. The first-order valence-corrected chi connectivity index (χ1v) is 6.66. The molecule has 3 rings (SSSR count). The van der Waals surface area contributed by atoms with Gasteiger partial charge in [-0.3, -0.25) is 4.90 Å². The number of hydrogen-bond donors (Lipinski definition) is 1. The van der Waals surface area contributed by atoms with Crippen LogP contribution in [-0.2, 0) is 6.54 Å². The van der Waals surface area contributed by atoms with Crippen molar-refractivity contribution in [2.45, 2.75) is 19.0 Å². The highest BCUT2D eigenvalue weighted by atomic mass is 32.1. The zero-order valence-electron chi connectivity index (χ0n) is 9.50. The highest BCUT2D eigenvalue weighted by Gasteiger charge is 2.20. The Morgan fingerprint density at radius 2 is 2.53 bits per heavy atom. The largest absolute Gasteiger partial charge is 0.355 e. The maximum atomic E-state index is 5.88. The van der Waals surface area contributed by atoms with E-state index >= 15 is 0 Å². The topological polar surface area (TPSA) is 55.3 Å². The van der Waals surface area contributed by atoms with Crippen molar-refractivity contribution < 1.29 is 4.52 Å². The third kappa shape index (κ3) is 2.41. The molecule has 4 nitrogen and oxygen atoms in total. The Balaban J connectivity index is 1.69. The van der Waals surface area contributed by atoms with E-state index < -0.39 is 0 Å². The first kappa shape index (κ1) is 11.0. The van der Waals surface area contributed by atoms with Crippen molar-refractivity contribution in [1.29, 1.82) is 0 Å². The second-order valence-electron chi connectivity index (χ2n) is 4.44. The van der Waals surface area contributed by atoms with E-state index in [1.807, 2.05) is 23.6 Å². The van der Waals surface area contributed by atoms with Gasteiger partial charge in [0.05, 0.1) is 10.6 Å². The Morgan fingerprint density at radius 1 is 1.59 bits per heavy atom. The predicted molar refractivity (Wildman–Crippen MR) is 67.7 cm³/mol. The van der Waals surface area contributed by atoms with Gasteiger partial charge >= 0.3 is 0 Å². The Hall–Kier alpha value is -1.17. The minimum absolute atomic E-state index is 0.318. The van der Waals surface area contributed by atoms with Crippen molar-refractivity contribution in [2.75, 3.05) is 13.1 Å². The summed E-state index contributed by atoms with van der Waals surface area (Å²) in [6.07, 6.45) is 1.08. The van der Waals surface area contributed by atoms with Gasteiger partial charge in [0.1, 0.15) is 0 Å². The van der Waals surface area contributed by atoms with Crippen molar-refractivity contribution in [2.24, 2.45) is 5.73 Å². The Kier molecular flexibility index (Phi) is 2.96. The van der Waals surface area contributed by atoms with E-state index in [0.29, 0.717) is 6.04 Å². The minimum atomic E-state index is 0.318. The average molecular weight is 249 g/mol. The number of likely N-dealkylation sites (tertiary alicyclic amines) is 1. The summed E-state index contributed by atoms with van der Waals surface area (Å²) < 4.78 is 5.35. The van der Waals surface area contributed by atoms with Gasteiger partial charge in [-0.15, -0.1) is 11.3 Å². The normalized spacial score (nSPS) is 21.1. The third-order valence-corrected chi connectivity index (χ3v) is 3.90. The molecule has 3 heterocycles. The fourth-order valence-corrected chi connectivity index (χ4v) is 2.83. The van der Waals surface area contributed by atoms with Gasteiger partial charge in [-0.1, -0.05) is 11.2 Å². The lowest BCUT2D eigenvalue weighted by Crippen LogP contribution is -2.26. The van der Waals surface area contributed by atoms with Crippen LogP contribution < -0.4 is 5.73 Å². The summed E-state index contributed by atoms with van der Waals surface area (Å²) in [5, 5.41) is 6.15. The van der Waals surface area contributed by atoms with Gasteiger partial charge in [-0.25, -0.2) is 0 Å². The van der Waals surface area contributed by atoms with E-state index in [1.165, 1.54) is 0 Å². The maximum absolute atomic E-state index is 5.88. The molecule has 0 radical (unpaired) electrons. The van der Waals surface area contributed by atoms with E-state index in [0.717, 1.165) is 42.4 Å². The molecule has 0 aliphatic carbocycles. The monoisotopic (exact) mass is 249 g/mol. The molecule has 1 atom stereocenters. The molecule has 0 unspecified atom stereocenters. The van der Waals surface area contributed by atoms with Crippen LogP contribution in [0.25, 0.3) is 10.6 Å². The number of aromatic nitrogens is 1. The molecule has 1 aliphatic rings. The van der Waals surface area contributed by atoms with Crippen LogP contribution >= 0.6 is 11.3 Å². The summed E-state index contributed by atoms with van der Waals surface area (Å²) in [4.78, 5) is 3.45. The molecule has 0 saturated carbocycles. The van der Waals surface area contributed by atoms with Crippen molar-refractivity contribution in [3.63, 3.8) is 0 Å². The molecule has 2 N–H and O–H groups in total. The molecule has 2 aromatic heterocycles. The Bertz CT molecular complexity index is 480. The van der Waals surface area contributed by atoms with Crippen molar-refractivity contribution >= 4 is 11.3 Å². The Labute approximate surface area is 104 Å². The molecule has 0 amide bonds. The number of rotatable bonds is 3. The van der Waals surface area contributed by atoms with Gasteiger partial charge in [-0.05, 0) is 17.9 Å². The van der Waals surface area contributed by atoms with Crippen LogP contribution in [0.5, 0.6) is 0 Å². The van der Waals surface area contributed by atoms with Crippen LogP contribution in [-0.4, -0.2) is 29.2 Å². The lowest BCUT2D eigenvalue weighted by atomic mass is 10.3. The number of thiophene rings is 1. The molecule has 90 valence electrons. The summed E-state index contributed by atoms with van der Waals surface area (Å²) in [7, 11) is 0. The summed E-state index contributed by atoms with van der Waals surface area (Å²) in [5.41, 5.74) is 6.87. The third-order valence-electron chi connectivity index (χ3n) is 3.02. The molecule has 0 bridgehead atoms. The van der Waals surface area contributed by atoms with Crippen molar-refractivity contribution in [1.82, 2.24) is 10.1 Å². The van der Waals surface area contributed by atoms with E-state index in [9.17, 15) is 0 Å². The molecular formula is C12H15N3OS. The van der Waals surface area contributed by atoms with E-state index in [1.54, 1.807) is 11.3 Å². The van der Waals surface area contributed by atoms with Gasteiger partial charge in [0, 0.05) is 31.7 Å². The van der Waals surface area contributed by atoms with Gasteiger partial charge in [0.15, 0.2) is 5.76 Å². The molecule has 1 aliphatic heterocycles. The van der Waals surface area contributed by atoms with Gasteiger partial charge in [0.2, 0.25) is 0 Å². The first-order chi connectivity index (χ1) is 8.31. The van der Waals surface area contributed by atoms with Crippen LogP contribution in [0.4, 0.5) is 0 Å². The fraction of sp³-hybridized carbons (Fsp3) is 0.417. The molecule has 5 heteroatoms. The maximum Gasteiger partial charge on any atom is 0.177 e. The highest BCUT2D eigenvalue weighted by molar-refractivity contribution is 7.13. The average Bonchev–Trinajstić information content (AvgIpc) is 3.00. The van der Waals surface area contributed by atoms with Gasteiger partial charge in [-0.2, -0.15) is 0 Å². The number of hydrogen-bond acceptors (Lipinski definition) is 5. The zero-order chi connectivity index (χ0) is 11.7.